The summed E-state index contributed by atoms with van der Waals surface area (Å²) in [7, 11) is 0. The Balaban J connectivity index is 3.41. The molecule has 0 fully saturated rings. The summed E-state index contributed by atoms with van der Waals surface area (Å²) in [5.74, 6) is -6.43. The summed E-state index contributed by atoms with van der Waals surface area (Å²) in [5, 5.41) is 0. The summed E-state index contributed by atoms with van der Waals surface area (Å²) in [6.07, 6.45) is 0. The van der Waals surface area contributed by atoms with Crippen LogP contribution >= 0.6 is 31.9 Å². The van der Waals surface area contributed by atoms with E-state index in [-0.39, 0.29) is 5.56 Å². The van der Waals surface area contributed by atoms with Crippen LogP contribution in [0.3, 0.4) is 0 Å². The van der Waals surface area contributed by atoms with Crippen LogP contribution in [0, 0.1) is 23.3 Å². The lowest BCUT2D eigenvalue weighted by atomic mass is 10.2. The van der Waals surface area contributed by atoms with Crippen molar-refractivity contribution in [2.45, 2.75) is 3.74 Å². The van der Waals surface area contributed by atoms with E-state index in [0.717, 1.165) is 0 Å². The van der Waals surface area contributed by atoms with Gasteiger partial charge in [0.05, 0.1) is 3.74 Å². The van der Waals surface area contributed by atoms with Crippen molar-refractivity contribution in [1.82, 2.24) is 0 Å². The standard InChI is InChI=1S/C7H2Br2F4/c8-7(9)2-1-3(10)5(12)6(13)4(2)11/h1,7H. The molecule has 0 radical (unpaired) electrons. The van der Waals surface area contributed by atoms with E-state index in [1.54, 1.807) is 0 Å². The maximum atomic E-state index is 12.9. The lowest BCUT2D eigenvalue weighted by molar-refractivity contribution is 0.405. The van der Waals surface area contributed by atoms with Crippen LogP contribution in [0.15, 0.2) is 6.07 Å². The van der Waals surface area contributed by atoms with Crippen LogP contribution in [-0.2, 0) is 0 Å². The second-order valence-electron chi connectivity index (χ2n) is 2.19. The SMILES string of the molecule is Fc1cc(C(Br)Br)c(F)c(F)c1F. The highest BCUT2D eigenvalue weighted by Crippen LogP contribution is 2.33. The van der Waals surface area contributed by atoms with E-state index in [1.807, 2.05) is 0 Å². The fourth-order valence-corrected chi connectivity index (χ4v) is 1.42. The van der Waals surface area contributed by atoms with Crippen molar-refractivity contribution in [3.8, 4) is 0 Å². The van der Waals surface area contributed by atoms with Gasteiger partial charge in [0.25, 0.3) is 0 Å². The van der Waals surface area contributed by atoms with Gasteiger partial charge in [-0.3, -0.25) is 0 Å². The predicted molar refractivity (Wildman–Crippen MR) is 46.9 cm³/mol. The van der Waals surface area contributed by atoms with Crippen LogP contribution in [0.2, 0.25) is 0 Å². The van der Waals surface area contributed by atoms with Gasteiger partial charge in [0.1, 0.15) is 0 Å². The summed E-state index contributed by atoms with van der Waals surface area (Å²) in [4.78, 5) is 0. The van der Waals surface area contributed by atoms with Crippen molar-refractivity contribution >= 4 is 31.9 Å². The molecule has 0 unspecified atom stereocenters. The van der Waals surface area contributed by atoms with Crippen LogP contribution < -0.4 is 0 Å². The van der Waals surface area contributed by atoms with Crippen molar-refractivity contribution in [2.24, 2.45) is 0 Å². The lowest BCUT2D eigenvalue weighted by Crippen LogP contribution is -2.00. The normalized spacial score (nSPS) is 11.0. The monoisotopic (exact) mass is 320 g/mol. The maximum absolute atomic E-state index is 12.9. The van der Waals surface area contributed by atoms with Gasteiger partial charge < -0.3 is 0 Å². The minimum atomic E-state index is -1.81. The molecule has 1 aromatic carbocycles. The van der Waals surface area contributed by atoms with E-state index in [9.17, 15) is 17.6 Å². The quantitative estimate of drug-likeness (QED) is 0.317. The largest absolute Gasteiger partial charge is 0.204 e. The minimum absolute atomic E-state index is 0.323. The van der Waals surface area contributed by atoms with Crippen molar-refractivity contribution < 1.29 is 17.6 Å². The summed E-state index contributed by atoms with van der Waals surface area (Å²) >= 11 is 5.69. The Kier molecular flexibility index (Phi) is 3.34. The molecule has 1 aromatic rings. The van der Waals surface area contributed by atoms with Gasteiger partial charge in [-0.25, -0.2) is 17.6 Å². The molecule has 0 aliphatic heterocycles. The first-order valence-electron chi connectivity index (χ1n) is 3.06. The molecule has 0 aliphatic carbocycles. The minimum Gasteiger partial charge on any atom is -0.204 e. The van der Waals surface area contributed by atoms with Gasteiger partial charge >= 0.3 is 0 Å². The summed E-state index contributed by atoms with van der Waals surface area (Å²) in [6, 6.07) is 0.585. The molecule has 0 saturated carbocycles. The topological polar surface area (TPSA) is 0 Å². The van der Waals surface area contributed by atoms with Crippen LogP contribution in [0.1, 0.15) is 9.30 Å². The zero-order valence-electron chi connectivity index (χ0n) is 5.92. The molecule has 0 saturated heterocycles. The van der Waals surface area contributed by atoms with Crippen LogP contribution in [0.25, 0.3) is 0 Å². The second kappa shape index (κ2) is 3.96. The van der Waals surface area contributed by atoms with Crippen molar-refractivity contribution in [2.75, 3.05) is 0 Å². The van der Waals surface area contributed by atoms with Crippen LogP contribution in [0.5, 0.6) is 0 Å². The molecule has 0 N–H and O–H groups in total. The van der Waals surface area contributed by atoms with Crippen LogP contribution in [0.4, 0.5) is 17.6 Å². The molecule has 0 nitrogen and oxygen atoms in total. The second-order valence-corrected chi connectivity index (χ2v) is 5.25. The highest BCUT2D eigenvalue weighted by molar-refractivity contribution is 9.24. The van der Waals surface area contributed by atoms with Crippen molar-refractivity contribution in [3.63, 3.8) is 0 Å². The average Bonchev–Trinajstić information content (AvgIpc) is 2.07. The number of alkyl halides is 2. The van der Waals surface area contributed by atoms with Crippen LogP contribution in [-0.4, -0.2) is 0 Å². The molecule has 13 heavy (non-hydrogen) atoms. The Labute approximate surface area is 88.2 Å². The highest BCUT2D eigenvalue weighted by atomic mass is 79.9. The molecule has 1 rings (SSSR count). The van der Waals surface area contributed by atoms with Crippen molar-refractivity contribution in [3.05, 3.63) is 34.9 Å². The Hall–Kier alpha value is -0.100. The van der Waals surface area contributed by atoms with Gasteiger partial charge in [0.2, 0.25) is 0 Å². The number of benzene rings is 1. The number of rotatable bonds is 1. The molecule has 0 aromatic heterocycles. The Morgan fingerprint density at radius 3 is 1.92 bits per heavy atom. The van der Waals surface area contributed by atoms with Gasteiger partial charge in [0, 0.05) is 5.56 Å². The molecule has 0 heterocycles. The fourth-order valence-electron chi connectivity index (χ4n) is 0.750. The maximum Gasteiger partial charge on any atom is 0.197 e. The molecule has 6 heteroatoms. The fraction of sp³-hybridized carbons (Fsp3) is 0.143. The first-order chi connectivity index (χ1) is 5.95. The Morgan fingerprint density at radius 2 is 1.46 bits per heavy atom. The number of halogens is 6. The summed E-state index contributed by atoms with van der Waals surface area (Å²) in [6.45, 7) is 0. The molecule has 0 amide bonds. The van der Waals surface area contributed by atoms with E-state index < -0.39 is 27.0 Å². The van der Waals surface area contributed by atoms with E-state index in [0.29, 0.717) is 6.07 Å². The zero-order valence-corrected chi connectivity index (χ0v) is 9.09. The molecular formula is C7H2Br2F4. The third-order valence-electron chi connectivity index (χ3n) is 1.37. The molecule has 0 atom stereocenters. The molecule has 0 bridgehead atoms. The van der Waals surface area contributed by atoms with Gasteiger partial charge in [-0.05, 0) is 6.07 Å². The van der Waals surface area contributed by atoms with E-state index in [4.69, 9.17) is 0 Å². The van der Waals surface area contributed by atoms with Gasteiger partial charge in [0.15, 0.2) is 23.3 Å². The van der Waals surface area contributed by atoms with Gasteiger partial charge in [-0.15, -0.1) is 0 Å². The molecule has 0 aliphatic rings. The van der Waals surface area contributed by atoms with Gasteiger partial charge in [-0.2, -0.15) is 0 Å². The molecule has 72 valence electrons. The summed E-state index contributed by atoms with van der Waals surface area (Å²) < 4.78 is 49.6. The first-order valence-corrected chi connectivity index (χ1v) is 4.89. The van der Waals surface area contributed by atoms with E-state index in [2.05, 4.69) is 31.9 Å². The Morgan fingerprint density at radius 1 is 0.923 bits per heavy atom. The third-order valence-corrected chi connectivity index (χ3v) is 2.35. The van der Waals surface area contributed by atoms with E-state index >= 15 is 0 Å². The van der Waals surface area contributed by atoms with Crippen molar-refractivity contribution in [1.29, 1.82) is 0 Å². The number of hydrogen-bond acceptors (Lipinski definition) is 0. The smallest absolute Gasteiger partial charge is 0.197 e. The third kappa shape index (κ3) is 2.04. The summed E-state index contributed by atoms with van der Waals surface area (Å²) in [5.41, 5.74) is -0.323. The number of hydrogen-bond donors (Lipinski definition) is 0. The predicted octanol–water partition coefficient (Wildman–Crippen LogP) is 4.03. The zero-order chi connectivity index (χ0) is 10.2. The Bertz CT molecular complexity index is 338. The van der Waals surface area contributed by atoms with E-state index in [1.165, 1.54) is 0 Å². The average molecular weight is 322 g/mol. The molecule has 0 spiro atoms. The highest BCUT2D eigenvalue weighted by Gasteiger charge is 2.21. The molecular weight excluding hydrogens is 320 g/mol. The lowest BCUT2D eigenvalue weighted by Gasteiger charge is -2.05. The van der Waals surface area contributed by atoms with Gasteiger partial charge in [-0.1, -0.05) is 31.9 Å². The first kappa shape index (κ1) is 11.0.